The van der Waals surface area contributed by atoms with Gasteiger partial charge in [-0.1, -0.05) is 29.3 Å². The Morgan fingerprint density at radius 1 is 0.909 bits per heavy atom. The zero-order valence-corrected chi connectivity index (χ0v) is 12.3. The molecule has 0 heterocycles. The molecule has 2 N–H and O–H groups in total. The van der Waals surface area contributed by atoms with Crippen molar-refractivity contribution >= 4 is 46.4 Å². The fourth-order valence-corrected chi connectivity index (χ4v) is 1.89. The first-order valence-corrected chi connectivity index (χ1v) is 6.65. The fraction of sp³-hybridized carbons (Fsp3) is 0. The lowest BCUT2D eigenvalue weighted by molar-refractivity contribution is -0.132. The van der Waals surface area contributed by atoms with Crippen molar-refractivity contribution in [2.45, 2.75) is 0 Å². The monoisotopic (exact) mass is 344 g/mol. The second kappa shape index (κ2) is 6.72. The smallest absolute Gasteiger partial charge is 0.314 e. The first kappa shape index (κ1) is 16.2. The van der Waals surface area contributed by atoms with Gasteiger partial charge in [-0.25, -0.2) is 8.78 Å². The van der Waals surface area contributed by atoms with E-state index in [4.69, 9.17) is 23.2 Å². The van der Waals surface area contributed by atoms with Crippen molar-refractivity contribution in [3.8, 4) is 0 Å². The summed E-state index contributed by atoms with van der Waals surface area (Å²) < 4.78 is 25.8. The van der Waals surface area contributed by atoms with Crippen LogP contribution in [-0.2, 0) is 9.59 Å². The van der Waals surface area contributed by atoms with Gasteiger partial charge < -0.3 is 10.6 Å². The van der Waals surface area contributed by atoms with Gasteiger partial charge in [0.1, 0.15) is 0 Å². The molecular formula is C14H8Cl2F2N2O2. The highest BCUT2D eigenvalue weighted by Gasteiger charge is 2.16. The summed E-state index contributed by atoms with van der Waals surface area (Å²) in [6.07, 6.45) is 0. The van der Waals surface area contributed by atoms with Crippen LogP contribution in [0.15, 0.2) is 36.4 Å². The topological polar surface area (TPSA) is 58.2 Å². The lowest BCUT2D eigenvalue weighted by Crippen LogP contribution is -2.29. The maximum Gasteiger partial charge on any atom is 0.314 e. The zero-order valence-electron chi connectivity index (χ0n) is 10.8. The van der Waals surface area contributed by atoms with Crippen LogP contribution in [0.4, 0.5) is 20.2 Å². The Kier molecular flexibility index (Phi) is 4.95. The third kappa shape index (κ3) is 3.72. The number of halogens is 4. The largest absolute Gasteiger partial charge is 0.318 e. The van der Waals surface area contributed by atoms with Crippen LogP contribution in [-0.4, -0.2) is 11.8 Å². The maximum absolute atomic E-state index is 13.0. The fourth-order valence-electron chi connectivity index (χ4n) is 1.54. The molecule has 2 aromatic rings. The van der Waals surface area contributed by atoms with Gasteiger partial charge in [0, 0.05) is 11.8 Å². The van der Waals surface area contributed by atoms with E-state index in [9.17, 15) is 18.4 Å². The molecule has 0 fully saturated rings. The van der Waals surface area contributed by atoms with Gasteiger partial charge >= 0.3 is 11.8 Å². The quantitative estimate of drug-likeness (QED) is 0.813. The Balaban J connectivity index is 2.07. The Labute approximate surface area is 134 Å². The van der Waals surface area contributed by atoms with E-state index in [0.29, 0.717) is 0 Å². The molecule has 0 aromatic heterocycles. The molecule has 0 aliphatic carbocycles. The molecule has 22 heavy (non-hydrogen) atoms. The molecule has 0 aliphatic rings. The van der Waals surface area contributed by atoms with Gasteiger partial charge in [0.25, 0.3) is 0 Å². The summed E-state index contributed by atoms with van der Waals surface area (Å²) in [5.74, 6) is -4.31. The average Bonchev–Trinajstić information content (AvgIpc) is 2.47. The van der Waals surface area contributed by atoms with E-state index in [2.05, 4.69) is 10.6 Å². The van der Waals surface area contributed by atoms with Crippen LogP contribution in [0.25, 0.3) is 0 Å². The molecule has 2 aromatic carbocycles. The number of anilines is 2. The van der Waals surface area contributed by atoms with E-state index in [-0.39, 0.29) is 21.4 Å². The average molecular weight is 345 g/mol. The Morgan fingerprint density at radius 2 is 1.59 bits per heavy atom. The first-order valence-electron chi connectivity index (χ1n) is 5.90. The van der Waals surface area contributed by atoms with Crippen LogP contribution in [0.1, 0.15) is 0 Å². The molecule has 2 rings (SSSR count). The van der Waals surface area contributed by atoms with Gasteiger partial charge in [0.05, 0.1) is 15.7 Å². The van der Waals surface area contributed by atoms with Crippen LogP contribution in [0, 0.1) is 11.6 Å². The van der Waals surface area contributed by atoms with Gasteiger partial charge in [-0.3, -0.25) is 9.59 Å². The SMILES string of the molecule is O=C(Nc1ccc(F)c(F)c1)C(=O)Nc1cccc(Cl)c1Cl. The van der Waals surface area contributed by atoms with Crippen LogP contribution in [0.3, 0.4) is 0 Å². The third-order valence-electron chi connectivity index (χ3n) is 2.58. The van der Waals surface area contributed by atoms with Crippen molar-refractivity contribution < 1.29 is 18.4 Å². The summed E-state index contributed by atoms with van der Waals surface area (Å²) in [4.78, 5) is 23.4. The molecule has 8 heteroatoms. The molecule has 0 unspecified atom stereocenters. The Bertz CT molecular complexity index is 754. The number of rotatable bonds is 2. The summed E-state index contributed by atoms with van der Waals surface area (Å²) in [6, 6.07) is 7.22. The molecular weight excluding hydrogens is 337 g/mol. The van der Waals surface area contributed by atoms with Crippen molar-refractivity contribution in [1.29, 1.82) is 0 Å². The maximum atomic E-state index is 13.0. The highest BCUT2D eigenvalue weighted by molar-refractivity contribution is 6.47. The van der Waals surface area contributed by atoms with E-state index < -0.39 is 23.4 Å². The van der Waals surface area contributed by atoms with Crippen LogP contribution >= 0.6 is 23.2 Å². The zero-order chi connectivity index (χ0) is 16.3. The first-order chi connectivity index (χ1) is 10.4. The van der Waals surface area contributed by atoms with Gasteiger partial charge in [-0.05, 0) is 24.3 Å². The summed E-state index contributed by atoms with van der Waals surface area (Å²) in [5.41, 5.74) is 0.0934. The number of hydrogen-bond acceptors (Lipinski definition) is 2. The molecule has 0 atom stereocenters. The number of nitrogens with one attached hydrogen (secondary N) is 2. The van der Waals surface area contributed by atoms with Crippen molar-refractivity contribution in [2.75, 3.05) is 10.6 Å². The van der Waals surface area contributed by atoms with Crippen LogP contribution < -0.4 is 10.6 Å². The molecule has 0 spiro atoms. The van der Waals surface area contributed by atoms with E-state index in [1.165, 1.54) is 18.2 Å². The Hall–Kier alpha value is -2.18. The second-order valence-corrected chi connectivity index (χ2v) is 4.92. The van der Waals surface area contributed by atoms with E-state index in [1.54, 1.807) is 0 Å². The van der Waals surface area contributed by atoms with Gasteiger partial charge in [0.2, 0.25) is 0 Å². The summed E-state index contributed by atoms with van der Waals surface area (Å²) in [7, 11) is 0. The number of benzene rings is 2. The minimum atomic E-state index is -1.14. The van der Waals surface area contributed by atoms with Crippen molar-refractivity contribution in [2.24, 2.45) is 0 Å². The molecule has 0 radical (unpaired) electrons. The highest BCUT2D eigenvalue weighted by Crippen LogP contribution is 2.29. The summed E-state index contributed by atoms with van der Waals surface area (Å²) in [6.45, 7) is 0. The van der Waals surface area contributed by atoms with Gasteiger partial charge in [0.15, 0.2) is 11.6 Å². The second-order valence-electron chi connectivity index (χ2n) is 4.14. The van der Waals surface area contributed by atoms with Crippen LogP contribution in [0.2, 0.25) is 10.0 Å². The molecule has 0 aliphatic heterocycles. The van der Waals surface area contributed by atoms with E-state index in [0.717, 1.165) is 18.2 Å². The van der Waals surface area contributed by atoms with Crippen LogP contribution in [0.5, 0.6) is 0 Å². The molecule has 4 nitrogen and oxygen atoms in total. The number of hydrogen-bond donors (Lipinski definition) is 2. The molecule has 0 saturated carbocycles. The van der Waals surface area contributed by atoms with Crippen molar-refractivity contribution in [3.05, 3.63) is 58.1 Å². The molecule has 114 valence electrons. The number of carbonyl (C=O) groups excluding carboxylic acids is 2. The molecule has 0 bridgehead atoms. The molecule has 0 saturated heterocycles. The lowest BCUT2D eigenvalue weighted by atomic mass is 10.3. The van der Waals surface area contributed by atoms with Crippen molar-refractivity contribution in [1.82, 2.24) is 0 Å². The van der Waals surface area contributed by atoms with E-state index in [1.807, 2.05) is 0 Å². The molecule has 2 amide bonds. The standard InChI is InChI=1S/C14H8Cl2F2N2O2/c15-8-2-1-3-11(12(8)16)20-14(22)13(21)19-7-4-5-9(17)10(18)6-7/h1-6H,(H,19,21)(H,20,22). The number of amides is 2. The predicted molar refractivity (Wildman–Crippen MR) is 80.1 cm³/mol. The summed E-state index contributed by atoms with van der Waals surface area (Å²) >= 11 is 11.6. The highest BCUT2D eigenvalue weighted by atomic mass is 35.5. The summed E-state index contributed by atoms with van der Waals surface area (Å²) in [5, 5.41) is 4.68. The normalized spacial score (nSPS) is 10.2. The minimum absolute atomic E-state index is 0.0590. The predicted octanol–water partition coefficient (Wildman–Crippen LogP) is 3.85. The number of carbonyl (C=O) groups is 2. The van der Waals surface area contributed by atoms with Crippen molar-refractivity contribution in [3.63, 3.8) is 0 Å². The minimum Gasteiger partial charge on any atom is -0.318 e. The van der Waals surface area contributed by atoms with Gasteiger partial charge in [-0.15, -0.1) is 0 Å². The third-order valence-corrected chi connectivity index (χ3v) is 3.40. The van der Waals surface area contributed by atoms with E-state index >= 15 is 0 Å². The van der Waals surface area contributed by atoms with Gasteiger partial charge in [-0.2, -0.15) is 0 Å². The Morgan fingerprint density at radius 3 is 2.27 bits per heavy atom. The lowest BCUT2D eigenvalue weighted by Gasteiger charge is -2.08.